The zero-order chi connectivity index (χ0) is 7.52. The lowest BCUT2D eigenvalue weighted by Gasteiger charge is -1.88. The van der Waals surface area contributed by atoms with E-state index in [1.165, 1.54) is 0 Å². The van der Waals surface area contributed by atoms with Crippen LogP contribution in [-0.2, 0) is 0 Å². The maximum Gasteiger partial charge on any atom is 0.237 e. The summed E-state index contributed by atoms with van der Waals surface area (Å²) in [7, 11) is 0. The van der Waals surface area contributed by atoms with E-state index < -0.39 is 0 Å². The van der Waals surface area contributed by atoms with Gasteiger partial charge >= 0.3 is 0 Å². The summed E-state index contributed by atoms with van der Waals surface area (Å²) in [4.78, 5) is 4.03. The summed E-state index contributed by atoms with van der Waals surface area (Å²) in [5.74, 6) is 0. The molecule has 0 aliphatic heterocycles. The van der Waals surface area contributed by atoms with E-state index in [-0.39, 0.29) is 0 Å². The Morgan fingerprint density at radius 1 is 1.36 bits per heavy atom. The van der Waals surface area contributed by atoms with Crippen LogP contribution in [0.1, 0.15) is 0 Å². The molecule has 0 amide bonds. The summed E-state index contributed by atoms with van der Waals surface area (Å²) in [6.45, 7) is 0. The molecule has 0 saturated heterocycles. The average molecular weight is 146 g/mol. The molecule has 2 aromatic rings. The fourth-order valence-electron chi connectivity index (χ4n) is 0.752. The van der Waals surface area contributed by atoms with Gasteiger partial charge in [0, 0.05) is 11.5 Å². The second kappa shape index (κ2) is 2.49. The molecule has 0 fully saturated rings. The van der Waals surface area contributed by atoms with Gasteiger partial charge in [-0.15, -0.1) is 5.10 Å². The first kappa shape index (κ1) is 6.03. The van der Waals surface area contributed by atoms with E-state index in [0.717, 1.165) is 0 Å². The van der Waals surface area contributed by atoms with Gasteiger partial charge in [-0.1, -0.05) is 6.07 Å². The van der Waals surface area contributed by atoms with Crippen LogP contribution in [0.15, 0.2) is 28.9 Å². The van der Waals surface area contributed by atoms with Crippen molar-refractivity contribution in [3.8, 4) is 11.4 Å². The molecule has 0 saturated carbocycles. The molecule has 0 unspecified atom stereocenters. The number of nitrogens with zero attached hydrogens (tertiary/aromatic N) is 3. The molecule has 2 heterocycles. The van der Waals surface area contributed by atoms with E-state index >= 15 is 0 Å². The Morgan fingerprint density at radius 3 is 3.00 bits per heavy atom. The third-order valence-corrected chi connectivity index (χ3v) is 1.23. The van der Waals surface area contributed by atoms with Crippen LogP contribution in [-0.4, -0.2) is 15.4 Å². The van der Waals surface area contributed by atoms with Crippen LogP contribution in [0.25, 0.3) is 11.4 Å². The molecule has 0 atom stereocenters. The van der Waals surface area contributed by atoms with Gasteiger partial charge in [-0.25, -0.2) is 0 Å². The maximum atomic E-state index is 4.44. The summed E-state index contributed by atoms with van der Waals surface area (Å²) >= 11 is 0. The van der Waals surface area contributed by atoms with Crippen molar-refractivity contribution in [3.05, 3.63) is 30.7 Å². The topological polar surface area (TPSA) is 51.8 Å². The second-order valence-corrected chi connectivity index (χ2v) is 1.94. The van der Waals surface area contributed by atoms with E-state index in [1.807, 2.05) is 18.2 Å². The van der Waals surface area contributed by atoms with Gasteiger partial charge in [-0.3, -0.25) is 4.98 Å². The molecule has 11 heavy (non-hydrogen) atoms. The van der Waals surface area contributed by atoms with Crippen LogP contribution in [0.2, 0.25) is 0 Å². The SMILES string of the molecule is [c]1onnc1-c1ccccn1. The Kier molecular flexibility index (Phi) is 1.37. The predicted molar refractivity (Wildman–Crippen MR) is 36.4 cm³/mol. The highest BCUT2D eigenvalue weighted by Gasteiger charge is 2.01. The van der Waals surface area contributed by atoms with Gasteiger partial charge in [-0.05, 0) is 12.1 Å². The lowest BCUT2D eigenvalue weighted by molar-refractivity contribution is 0.387. The summed E-state index contributed by atoms with van der Waals surface area (Å²) in [5.41, 5.74) is 1.25. The van der Waals surface area contributed by atoms with Gasteiger partial charge in [0.15, 0.2) is 5.69 Å². The fraction of sp³-hybridized carbons (Fsp3) is 0. The number of hydrogen-bond donors (Lipinski definition) is 0. The Morgan fingerprint density at radius 2 is 2.36 bits per heavy atom. The zero-order valence-electron chi connectivity index (χ0n) is 5.56. The van der Waals surface area contributed by atoms with Crippen LogP contribution in [0.5, 0.6) is 0 Å². The molecule has 2 aromatic heterocycles. The minimum absolute atomic E-state index is 0.533. The Labute approximate surface area is 62.9 Å². The molecule has 0 aliphatic carbocycles. The standard InChI is InChI=1S/C7H4N3O/c1-2-4-8-6(3-1)7-5-11-10-9-7/h1-4H. The van der Waals surface area contributed by atoms with E-state index in [2.05, 4.69) is 26.1 Å². The third kappa shape index (κ3) is 1.10. The highest BCUT2D eigenvalue weighted by Crippen LogP contribution is 2.09. The highest BCUT2D eigenvalue weighted by molar-refractivity contribution is 5.49. The lowest BCUT2D eigenvalue weighted by Crippen LogP contribution is -1.80. The average Bonchev–Trinajstić information content (AvgIpc) is 2.58. The molecule has 4 heteroatoms. The summed E-state index contributed by atoms with van der Waals surface area (Å²) in [5, 5.41) is 6.93. The monoisotopic (exact) mass is 146 g/mol. The Hall–Kier alpha value is -1.71. The maximum absolute atomic E-state index is 4.44. The van der Waals surface area contributed by atoms with Crippen molar-refractivity contribution in [3.63, 3.8) is 0 Å². The molecule has 0 aliphatic rings. The summed E-state index contributed by atoms with van der Waals surface area (Å²) in [6.07, 6.45) is 4.17. The van der Waals surface area contributed by atoms with Crippen LogP contribution in [0.4, 0.5) is 0 Å². The summed E-state index contributed by atoms with van der Waals surface area (Å²) < 4.78 is 4.44. The van der Waals surface area contributed by atoms with Gasteiger partial charge in [0.2, 0.25) is 6.26 Å². The highest BCUT2D eigenvalue weighted by atomic mass is 16.5. The van der Waals surface area contributed by atoms with Gasteiger partial charge in [0.25, 0.3) is 0 Å². The van der Waals surface area contributed by atoms with E-state index in [0.29, 0.717) is 11.4 Å². The molecular weight excluding hydrogens is 142 g/mol. The summed E-state index contributed by atoms with van der Waals surface area (Å²) in [6, 6.07) is 5.51. The van der Waals surface area contributed by atoms with Gasteiger partial charge in [0.1, 0.15) is 0 Å². The largest absolute Gasteiger partial charge is 0.333 e. The van der Waals surface area contributed by atoms with Crippen LogP contribution >= 0.6 is 0 Å². The van der Waals surface area contributed by atoms with Crippen molar-refractivity contribution >= 4 is 0 Å². The number of pyridine rings is 1. The molecule has 0 N–H and O–H groups in total. The molecule has 53 valence electrons. The van der Waals surface area contributed by atoms with Crippen molar-refractivity contribution in [2.75, 3.05) is 0 Å². The second-order valence-electron chi connectivity index (χ2n) is 1.94. The van der Waals surface area contributed by atoms with E-state index in [9.17, 15) is 0 Å². The van der Waals surface area contributed by atoms with E-state index in [4.69, 9.17) is 0 Å². The molecule has 4 nitrogen and oxygen atoms in total. The molecule has 0 bridgehead atoms. The molecule has 2 rings (SSSR count). The minimum atomic E-state index is 0.533. The molecule has 0 spiro atoms. The number of hydrogen-bond acceptors (Lipinski definition) is 4. The zero-order valence-corrected chi connectivity index (χ0v) is 5.56. The molecular formula is C7H4N3O. The third-order valence-electron chi connectivity index (χ3n) is 1.23. The van der Waals surface area contributed by atoms with Crippen LogP contribution in [0.3, 0.4) is 0 Å². The lowest BCUT2D eigenvalue weighted by atomic mass is 10.3. The van der Waals surface area contributed by atoms with Crippen molar-refractivity contribution in [2.24, 2.45) is 0 Å². The van der Waals surface area contributed by atoms with Gasteiger partial charge in [-0.2, -0.15) is 0 Å². The van der Waals surface area contributed by atoms with Gasteiger partial charge in [0.05, 0.1) is 5.69 Å². The first-order valence-electron chi connectivity index (χ1n) is 3.08. The molecule has 0 aromatic carbocycles. The van der Waals surface area contributed by atoms with Crippen molar-refractivity contribution in [1.82, 2.24) is 15.4 Å². The first-order valence-corrected chi connectivity index (χ1v) is 3.08. The molecule has 1 radical (unpaired) electrons. The fourth-order valence-corrected chi connectivity index (χ4v) is 0.752. The number of aromatic nitrogens is 3. The minimum Gasteiger partial charge on any atom is -0.333 e. The van der Waals surface area contributed by atoms with Crippen molar-refractivity contribution in [1.29, 1.82) is 0 Å². The Balaban J connectivity index is 2.46. The predicted octanol–water partition coefficient (Wildman–Crippen LogP) is 0.932. The quantitative estimate of drug-likeness (QED) is 0.600. The van der Waals surface area contributed by atoms with Crippen molar-refractivity contribution < 1.29 is 4.52 Å². The van der Waals surface area contributed by atoms with Gasteiger partial charge < -0.3 is 4.52 Å². The number of rotatable bonds is 1. The normalized spacial score (nSPS) is 9.82. The smallest absolute Gasteiger partial charge is 0.237 e. The van der Waals surface area contributed by atoms with Crippen LogP contribution < -0.4 is 0 Å². The van der Waals surface area contributed by atoms with Crippen molar-refractivity contribution in [2.45, 2.75) is 0 Å². The Bertz CT molecular complexity index is 317. The van der Waals surface area contributed by atoms with Crippen LogP contribution in [0, 0.1) is 6.26 Å². The van der Waals surface area contributed by atoms with E-state index in [1.54, 1.807) is 6.20 Å². The first-order chi connectivity index (χ1) is 5.47.